The van der Waals surface area contributed by atoms with E-state index in [0.717, 1.165) is 11.5 Å². The van der Waals surface area contributed by atoms with Crippen molar-refractivity contribution < 1.29 is 0 Å². The highest BCUT2D eigenvalue weighted by Gasteiger charge is 2.10. The van der Waals surface area contributed by atoms with E-state index in [1.165, 1.54) is 11.1 Å². The lowest BCUT2D eigenvalue weighted by molar-refractivity contribution is 0.814. The first-order valence-corrected chi connectivity index (χ1v) is 6.55. The maximum Gasteiger partial charge on any atom is 0.240 e. The van der Waals surface area contributed by atoms with Crippen LogP contribution in [0.2, 0.25) is 0 Å². The molecule has 100 valence electrons. The Hall–Kier alpha value is -2.62. The molecule has 1 heterocycles. The van der Waals surface area contributed by atoms with Gasteiger partial charge in [0, 0.05) is 6.42 Å². The highest BCUT2D eigenvalue weighted by atomic mass is 15.4. The van der Waals surface area contributed by atoms with E-state index in [2.05, 4.69) is 41.3 Å². The van der Waals surface area contributed by atoms with Gasteiger partial charge in [-0.25, -0.2) is 4.68 Å². The highest BCUT2D eigenvalue weighted by Crippen LogP contribution is 2.14. The number of hydrogen-bond acceptors (Lipinski definition) is 3. The van der Waals surface area contributed by atoms with Gasteiger partial charge in [-0.3, -0.25) is 0 Å². The molecular weight excluding hydrogens is 248 g/mol. The molecule has 2 aromatic carbocycles. The monoisotopic (exact) mass is 264 g/mol. The quantitative estimate of drug-likeness (QED) is 0.791. The largest absolute Gasteiger partial charge is 0.366 e. The zero-order valence-electron chi connectivity index (χ0n) is 11.3. The zero-order chi connectivity index (χ0) is 13.9. The van der Waals surface area contributed by atoms with Crippen LogP contribution in [-0.4, -0.2) is 14.8 Å². The SMILES string of the molecule is Cc1ccc(Cc2nc(N)nn2-c2ccccc2)cc1. The molecule has 0 aliphatic carbocycles. The highest BCUT2D eigenvalue weighted by molar-refractivity contribution is 5.35. The van der Waals surface area contributed by atoms with Crippen LogP contribution in [0.4, 0.5) is 5.95 Å². The lowest BCUT2D eigenvalue weighted by Gasteiger charge is -2.06. The van der Waals surface area contributed by atoms with Crippen LogP contribution in [0.15, 0.2) is 54.6 Å². The van der Waals surface area contributed by atoms with Crippen LogP contribution in [-0.2, 0) is 6.42 Å². The van der Waals surface area contributed by atoms with Gasteiger partial charge in [0.1, 0.15) is 5.82 Å². The molecule has 0 aliphatic heterocycles. The van der Waals surface area contributed by atoms with Crippen LogP contribution in [0.25, 0.3) is 5.69 Å². The van der Waals surface area contributed by atoms with Crippen molar-refractivity contribution >= 4 is 5.95 Å². The molecule has 0 spiro atoms. The molecule has 0 fully saturated rings. The van der Waals surface area contributed by atoms with Crippen molar-refractivity contribution in [3.8, 4) is 5.69 Å². The molecule has 0 atom stereocenters. The van der Waals surface area contributed by atoms with Gasteiger partial charge in [0.2, 0.25) is 5.95 Å². The maximum absolute atomic E-state index is 5.75. The molecule has 0 amide bonds. The lowest BCUT2D eigenvalue weighted by atomic mass is 10.1. The number of para-hydroxylation sites is 1. The van der Waals surface area contributed by atoms with E-state index in [1.807, 2.05) is 30.3 Å². The first kappa shape index (κ1) is 12.4. The van der Waals surface area contributed by atoms with Crippen LogP contribution < -0.4 is 5.73 Å². The summed E-state index contributed by atoms with van der Waals surface area (Å²) in [7, 11) is 0. The first-order chi connectivity index (χ1) is 9.72. The van der Waals surface area contributed by atoms with Crippen LogP contribution in [0.5, 0.6) is 0 Å². The minimum absolute atomic E-state index is 0.302. The molecule has 1 aromatic heterocycles. The van der Waals surface area contributed by atoms with E-state index in [1.54, 1.807) is 4.68 Å². The molecule has 0 bridgehead atoms. The van der Waals surface area contributed by atoms with Crippen LogP contribution in [0.3, 0.4) is 0 Å². The molecule has 0 saturated heterocycles. The van der Waals surface area contributed by atoms with Gasteiger partial charge in [0.25, 0.3) is 0 Å². The average Bonchev–Trinajstić information content (AvgIpc) is 2.83. The second kappa shape index (κ2) is 5.17. The fraction of sp³-hybridized carbons (Fsp3) is 0.125. The van der Waals surface area contributed by atoms with E-state index in [0.29, 0.717) is 12.4 Å². The van der Waals surface area contributed by atoms with Crippen LogP contribution >= 0.6 is 0 Å². The van der Waals surface area contributed by atoms with E-state index >= 15 is 0 Å². The first-order valence-electron chi connectivity index (χ1n) is 6.55. The van der Waals surface area contributed by atoms with Gasteiger partial charge in [-0.1, -0.05) is 48.0 Å². The van der Waals surface area contributed by atoms with Gasteiger partial charge < -0.3 is 5.73 Å². The number of aryl methyl sites for hydroxylation is 1. The second-order valence-electron chi connectivity index (χ2n) is 4.80. The van der Waals surface area contributed by atoms with Gasteiger partial charge in [0.15, 0.2) is 0 Å². The minimum atomic E-state index is 0.302. The van der Waals surface area contributed by atoms with Crippen molar-refractivity contribution in [3.63, 3.8) is 0 Å². The Labute approximate surface area is 117 Å². The summed E-state index contributed by atoms with van der Waals surface area (Å²) >= 11 is 0. The van der Waals surface area contributed by atoms with E-state index < -0.39 is 0 Å². The molecule has 0 radical (unpaired) electrons. The summed E-state index contributed by atoms with van der Waals surface area (Å²) in [6, 6.07) is 18.3. The van der Waals surface area contributed by atoms with Crippen molar-refractivity contribution in [2.45, 2.75) is 13.3 Å². The van der Waals surface area contributed by atoms with E-state index in [-0.39, 0.29) is 0 Å². The summed E-state index contributed by atoms with van der Waals surface area (Å²) in [5, 5.41) is 4.28. The molecule has 0 aliphatic rings. The molecule has 0 saturated carbocycles. The summed E-state index contributed by atoms with van der Waals surface area (Å²) in [5.74, 6) is 1.15. The summed E-state index contributed by atoms with van der Waals surface area (Å²) in [5.41, 5.74) is 9.17. The van der Waals surface area contributed by atoms with Gasteiger partial charge in [0.05, 0.1) is 5.69 Å². The number of anilines is 1. The Bertz CT molecular complexity index is 699. The molecule has 4 heteroatoms. The predicted octanol–water partition coefficient (Wildman–Crippen LogP) is 2.75. The number of nitrogen functional groups attached to an aromatic ring is 1. The minimum Gasteiger partial charge on any atom is -0.366 e. The summed E-state index contributed by atoms with van der Waals surface area (Å²) in [6.45, 7) is 2.08. The average molecular weight is 264 g/mol. The number of aromatic nitrogens is 3. The predicted molar refractivity (Wildman–Crippen MR) is 79.8 cm³/mol. The third-order valence-electron chi connectivity index (χ3n) is 3.17. The van der Waals surface area contributed by atoms with E-state index in [4.69, 9.17) is 5.73 Å². The van der Waals surface area contributed by atoms with Crippen LogP contribution in [0.1, 0.15) is 17.0 Å². The Morgan fingerprint density at radius 2 is 1.70 bits per heavy atom. The topological polar surface area (TPSA) is 56.7 Å². The number of benzene rings is 2. The van der Waals surface area contributed by atoms with Gasteiger partial charge in [-0.15, -0.1) is 5.10 Å². The summed E-state index contributed by atoms with van der Waals surface area (Å²) < 4.78 is 1.80. The summed E-state index contributed by atoms with van der Waals surface area (Å²) in [6.07, 6.45) is 0.708. The van der Waals surface area contributed by atoms with Crippen molar-refractivity contribution in [2.75, 3.05) is 5.73 Å². The smallest absolute Gasteiger partial charge is 0.240 e. The Morgan fingerprint density at radius 3 is 2.40 bits per heavy atom. The molecule has 0 unspecified atom stereocenters. The number of rotatable bonds is 3. The Morgan fingerprint density at radius 1 is 1.00 bits per heavy atom. The van der Waals surface area contributed by atoms with E-state index in [9.17, 15) is 0 Å². The van der Waals surface area contributed by atoms with Gasteiger partial charge in [-0.2, -0.15) is 4.98 Å². The third kappa shape index (κ3) is 2.54. The number of nitrogens with zero attached hydrogens (tertiary/aromatic N) is 3. The van der Waals surface area contributed by atoms with Gasteiger partial charge in [-0.05, 0) is 24.6 Å². The molecular formula is C16H16N4. The second-order valence-corrected chi connectivity index (χ2v) is 4.80. The number of hydrogen-bond donors (Lipinski definition) is 1. The van der Waals surface area contributed by atoms with Crippen molar-refractivity contribution in [3.05, 3.63) is 71.5 Å². The normalized spacial score (nSPS) is 10.7. The van der Waals surface area contributed by atoms with Crippen molar-refractivity contribution in [1.29, 1.82) is 0 Å². The lowest BCUT2D eigenvalue weighted by Crippen LogP contribution is -2.03. The Kier molecular flexibility index (Phi) is 3.21. The molecule has 2 N–H and O–H groups in total. The standard InChI is InChI=1S/C16H16N4/c1-12-7-9-13(10-8-12)11-15-18-16(17)19-20(15)14-5-3-2-4-6-14/h2-10H,11H2,1H3,(H2,17,19). The summed E-state index contributed by atoms with van der Waals surface area (Å²) in [4.78, 5) is 4.33. The molecule has 3 rings (SSSR count). The molecule has 4 nitrogen and oxygen atoms in total. The number of nitrogens with two attached hydrogens (primary N) is 1. The zero-order valence-corrected chi connectivity index (χ0v) is 11.3. The van der Waals surface area contributed by atoms with Crippen molar-refractivity contribution in [2.24, 2.45) is 0 Å². The fourth-order valence-corrected chi connectivity index (χ4v) is 2.14. The van der Waals surface area contributed by atoms with Crippen LogP contribution in [0, 0.1) is 6.92 Å². The molecule has 3 aromatic rings. The molecule has 20 heavy (non-hydrogen) atoms. The maximum atomic E-state index is 5.75. The van der Waals surface area contributed by atoms with Crippen molar-refractivity contribution in [1.82, 2.24) is 14.8 Å². The Balaban J connectivity index is 1.96. The third-order valence-corrected chi connectivity index (χ3v) is 3.17. The fourth-order valence-electron chi connectivity index (χ4n) is 2.14. The van der Waals surface area contributed by atoms with Gasteiger partial charge >= 0.3 is 0 Å².